The zero-order valence-corrected chi connectivity index (χ0v) is 14.7. The van der Waals surface area contributed by atoms with Crippen LogP contribution in [-0.2, 0) is 6.42 Å². The van der Waals surface area contributed by atoms with E-state index in [-0.39, 0.29) is 0 Å². The molecule has 0 aliphatic carbocycles. The molecule has 0 aliphatic heterocycles. The molecule has 3 aromatic carbocycles. The van der Waals surface area contributed by atoms with Gasteiger partial charge in [0.1, 0.15) is 0 Å². The van der Waals surface area contributed by atoms with E-state index in [0.29, 0.717) is 5.56 Å². The van der Waals surface area contributed by atoms with Crippen LogP contribution in [0.15, 0.2) is 66.7 Å². The number of hydrogen-bond donors (Lipinski definition) is 0. The van der Waals surface area contributed by atoms with Crippen LogP contribution in [0.1, 0.15) is 18.9 Å². The normalized spacial score (nSPS) is 11.4. The maximum Gasteiger partial charge on any atom is 0.573 e. The van der Waals surface area contributed by atoms with Crippen molar-refractivity contribution in [2.45, 2.75) is 26.1 Å². The second kappa shape index (κ2) is 7.82. The van der Waals surface area contributed by atoms with Crippen molar-refractivity contribution in [2.24, 2.45) is 0 Å². The second-order valence-corrected chi connectivity index (χ2v) is 6.19. The molecule has 0 unspecified atom stereocenters. The van der Waals surface area contributed by atoms with Crippen molar-refractivity contribution in [2.75, 3.05) is 0 Å². The number of hydrogen-bond acceptors (Lipinski definition) is 1. The Kier molecular flexibility index (Phi) is 5.49. The molecule has 1 nitrogen and oxygen atoms in total. The fourth-order valence-electron chi connectivity index (χ4n) is 3.00. The molecule has 0 N–H and O–H groups in total. The molecule has 27 heavy (non-hydrogen) atoms. The summed E-state index contributed by atoms with van der Waals surface area (Å²) < 4.78 is 54.8. The first kappa shape index (κ1) is 19.0. The Bertz CT molecular complexity index is 914. The summed E-state index contributed by atoms with van der Waals surface area (Å²) in [4.78, 5) is 0. The summed E-state index contributed by atoms with van der Waals surface area (Å²) in [6.07, 6.45) is -2.88. The standard InChI is InChI=1S/C22H18F4O/c1-2-5-15-8-10-16(11-9-15)18-6-3-4-7-19(18)17-12-13-21(20(23)14-17)27-22(24,25)26/h3-4,6-14H,2,5H2,1H3. The van der Waals surface area contributed by atoms with Gasteiger partial charge in [-0.1, -0.05) is 67.9 Å². The summed E-state index contributed by atoms with van der Waals surface area (Å²) in [5, 5.41) is 0. The molecule has 0 fully saturated rings. The van der Waals surface area contributed by atoms with Crippen molar-refractivity contribution in [3.8, 4) is 28.0 Å². The van der Waals surface area contributed by atoms with E-state index in [0.717, 1.165) is 41.7 Å². The molecule has 0 aliphatic rings. The summed E-state index contributed by atoms with van der Waals surface area (Å²) in [5.74, 6) is -1.90. The summed E-state index contributed by atoms with van der Waals surface area (Å²) in [6.45, 7) is 2.12. The number of aryl methyl sites for hydroxylation is 1. The van der Waals surface area contributed by atoms with Crippen LogP contribution in [-0.4, -0.2) is 6.36 Å². The average molecular weight is 374 g/mol. The number of halogens is 4. The van der Waals surface area contributed by atoms with E-state index < -0.39 is 17.9 Å². The fraction of sp³-hybridized carbons (Fsp3) is 0.182. The van der Waals surface area contributed by atoms with E-state index in [2.05, 4.69) is 23.8 Å². The van der Waals surface area contributed by atoms with Crippen LogP contribution in [0.25, 0.3) is 22.3 Å². The third-order valence-electron chi connectivity index (χ3n) is 4.20. The molecule has 0 spiro atoms. The lowest BCUT2D eigenvalue weighted by atomic mass is 9.93. The number of alkyl halides is 3. The highest BCUT2D eigenvalue weighted by Crippen LogP contribution is 2.35. The predicted molar refractivity (Wildman–Crippen MR) is 98.0 cm³/mol. The van der Waals surface area contributed by atoms with Gasteiger partial charge in [-0.2, -0.15) is 0 Å². The Hall–Kier alpha value is -2.82. The Morgan fingerprint density at radius 1 is 0.815 bits per heavy atom. The van der Waals surface area contributed by atoms with Gasteiger partial charge in [0.15, 0.2) is 11.6 Å². The van der Waals surface area contributed by atoms with Gasteiger partial charge >= 0.3 is 6.36 Å². The fourth-order valence-corrected chi connectivity index (χ4v) is 3.00. The van der Waals surface area contributed by atoms with Crippen molar-refractivity contribution in [3.05, 3.63) is 78.1 Å². The first-order valence-corrected chi connectivity index (χ1v) is 8.61. The molecule has 0 bridgehead atoms. The van der Waals surface area contributed by atoms with Crippen LogP contribution in [0.5, 0.6) is 5.75 Å². The van der Waals surface area contributed by atoms with Crippen molar-refractivity contribution in [3.63, 3.8) is 0 Å². The van der Waals surface area contributed by atoms with Gasteiger partial charge in [-0.25, -0.2) is 4.39 Å². The van der Waals surface area contributed by atoms with Crippen molar-refractivity contribution >= 4 is 0 Å². The van der Waals surface area contributed by atoms with Crippen LogP contribution < -0.4 is 4.74 Å². The second-order valence-electron chi connectivity index (χ2n) is 6.19. The molecule has 0 heterocycles. The van der Waals surface area contributed by atoms with E-state index in [9.17, 15) is 17.6 Å². The molecule has 0 saturated heterocycles. The van der Waals surface area contributed by atoms with Crippen molar-refractivity contribution < 1.29 is 22.3 Å². The van der Waals surface area contributed by atoms with Gasteiger partial charge in [0.25, 0.3) is 0 Å². The minimum Gasteiger partial charge on any atom is -0.403 e. The third-order valence-corrected chi connectivity index (χ3v) is 4.20. The van der Waals surface area contributed by atoms with Crippen LogP contribution in [0, 0.1) is 5.82 Å². The zero-order valence-electron chi connectivity index (χ0n) is 14.7. The van der Waals surface area contributed by atoms with Crippen LogP contribution in [0.3, 0.4) is 0 Å². The molecule has 5 heteroatoms. The SMILES string of the molecule is CCCc1ccc(-c2ccccc2-c2ccc(OC(F)(F)F)c(F)c2)cc1. The van der Waals surface area contributed by atoms with Crippen LogP contribution in [0.2, 0.25) is 0 Å². The highest BCUT2D eigenvalue weighted by Gasteiger charge is 2.32. The molecular weight excluding hydrogens is 356 g/mol. The Morgan fingerprint density at radius 2 is 1.41 bits per heavy atom. The van der Waals surface area contributed by atoms with Gasteiger partial charge in [0.05, 0.1) is 0 Å². The van der Waals surface area contributed by atoms with E-state index in [1.165, 1.54) is 11.6 Å². The molecule has 0 atom stereocenters. The van der Waals surface area contributed by atoms with Gasteiger partial charge in [-0.05, 0) is 46.4 Å². The topological polar surface area (TPSA) is 9.23 Å². The maximum absolute atomic E-state index is 14.1. The summed E-state index contributed by atoms with van der Waals surface area (Å²) in [7, 11) is 0. The molecule has 0 saturated carbocycles. The molecule has 140 valence electrons. The average Bonchev–Trinajstić information content (AvgIpc) is 2.63. The van der Waals surface area contributed by atoms with E-state index in [1.807, 2.05) is 36.4 Å². The predicted octanol–water partition coefficient (Wildman–Crippen LogP) is 7.01. The minimum atomic E-state index is -4.93. The first-order valence-electron chi connectivity index (χ1n) is 8.61. The Labute approximate surface area is 155 Å². The monoisotopic (exact) mass is 374 g/mol. The largest absolute Gasteiger partial charge is 0.573 e. The van der Waals surface area contributed by atoms with Gasteiger partial charge in [-0.15, -0.1) is 13.2 Å². The lowest BCUT2D eigenvalue weighted by molar-refractivity contribution is -0.275. The van der Waals surface area contributed by atoms with Crippen LogP contribution in [0.4, 0.5) is 17.6 Å². The van der Waals surface area contributed by atoms with Gasteiger partial charge < -0.3 is 4.74 Å². The van der Waals surface area contributed by atoms with E-state index in [1.54, 1.807) is 0 Å². The Morgan fingerprint density at radius 3 is 1.96 bits per heavy atom. The smallest absolute Gasteiger partial charge is 0.403 e. The number of ether oxygens (including phenoxy) is 1. The molecule has 0 radical (unpaired) electrons. The highest BCUT2D eigenvalue weighted by atomic mass is 19.4. The van der Waals surface area contributed by atoms with Crippen LogP contribution >= 0.6 is 0 Å². The molecular formula is C22H18F4O. The zero-order chi connectivity index (χ0) is 19.4. The highest BCUT2D eigenvalue weighted by molar-refractivity contribution is 5.83. The molecule has 3 rings (SSSR count). The van der Waals surface area contributed by atoms with E-state index >= 15 is 0 Å². The quantitative estimate of drug-likeness (QED) is 0.436. The van der Waals surface area contributed by atoms with Gasteiger partial charge in [0, 0.05) is 0 Å². The van der Waals surface area contributed by atoms with E-state index in [4.69, 9.17) is 0 Å². The summed E-state index contributed by atoms with van der Waals surface area (Å²) in [6, 6.07) is 19.0. The summed E-state index contributed by atoms with van der Waals surface area (Å²) >= 11 is 0. The third kappa shape index (κ3) is 4.67. The lowest BCUT2D eigenvalue weighted by Crippen LogP contribution is -2.17. The molecule has 0 aromatic heterocycles. The van der Waals surface area contributed by atoms with Crippen molar-refractivity contribution in [1.82, 2.24) is 0 Å². The molecule has 0 amide bonds. The van der Waals surface area contributed by atoms with Crippen molar-refractivity contribution in [1.29, 1.82) is 0 Å². The Balaban J connectivity index is 1.97. The van der Waals surface area contributed by atoms with Gasteiger partial charge in [0.2, 0.25) is 0 Å². The summed E-state index contributed by atoms with van der Waals surface area (Å²) in [5.41, 5.74) is 4.29. The molecule has 3 aromatic rings. The van der Waals surface area contributed by atoms with Gasteiger partial charge in [-0.3, -0.25) is 0 Å². The maximum atomic E-state index is 14.1. The minimum absolute atomic E-state index is 0.482. The lowest BCUT2D eigenvalue weighted by Gasteiger charge is -2.13. The first-order chi connectivity index (χ1) is 12.9. The number of rotatable bonds is 5. The number of benzene rings is 3.